The fourth-order valence-electron chi connectivity index (χ4n) is 4.02. The molecule has 2 aliphatic heterocycles. The van der Waals surface area contributed by atoms with Crippen molar-refractivity contribution < 1.29 is 11.0 Å². The van der Waals surface area contributed by atoms with Crippen molar-refractivity contribution >= 4 is 40.5 Å². The molecule has 0 spiro atoms. The van der Waals surface area contributed by atoms with Crippen LogP contribution >= 0.6 is 23.2 Å². The summed E-state index contributed by atoms with van der Waals surface area (Å²) in [6, 6.07) is 11.8. The van der Waals surface area contributed by atoms with Gasteiger partial charge in [0.05, 0.1) is 22.3 Å². The molecule has 0 radical (unpaired) electrons. The number of hydrogen-bond donors (Lipinski definition) is 1. The smallest absolute Gasteiger partial charge is 0.224 e. The normalized spacial score (nSPS) is 16.9. The van der Waals surface area contributed by atoms with Crippen LogP contribution in [0.1, 0.15) is 26.3 Å². The van der Waals surface area contributed by atoms with Crippen LogP contribution < -0.4 is 15.0 Å². The summed E-state index contributed by atoms with van der Waals surface area (Å²) in [4.78, 5) is 16.3. The van der Waals surface area contributed by atoms with Crippen molar-refractivity contribution in [3.63, 3.8) is 0 Å². The molecule has 2 aliphatic rings. The Morgan fingerprint density at radius 3 is 2.70 bits per heavy atom. The fraction of sp³-hybridized carbons (Fsp3) is 0.435. The molecular formula is C23H29Cl2N3O2. The van der Waals surface area contributed by atoms with Gasteiger partial charge in [-0.2, -0.15) is 0 Å². The van der Waals surface area contributed by atoms with E-state index in [0.717, 1.165) is 69.1 Å². The summed E-state index contributed by atoms with van der Waals surface area (Å²) in [5, 5.41) is 4.18. The highest BCUT2D eigenvalue weighted by atomic mass is 35.5. The minimum Gasteiger partial charge on any atom is -0.494 e. The van der Waals surface area contributed by atoms with E-state index in [1.54, 1.807) is 0 Å². The van der Waals surface area contributed by atoms with E-state index in [1.807, 2.05) is 30.3 Å². The van der Waals surface area contributed by atoms with E-state index in [-0.39, 0.29) is 7.33 Å². The number of unbranched alkanes of at least 4 members (excludes halogenated alkanes) is 1. The Labute approximate surface area is 189 Å². The minimum absolute atomic E-state index is 0. The number of ether oxygens (including phenoxy) is 1. The molecule has 1 amide bonds. The Kier molecular flexibility index (Phi) is 7.03. The number of fused-ring (bicyclic) bond motifs is 1. The van der Waals surface area contributed by atoms with Crippen molar-refractivity contribution in [1.82, 2.24) is 4.90 Å². The van der Waals surface area contributed by atoms with Crippen LogP contribution in [0, 0.1) is 0 Å². The molecule has 1 fully saturated rings. The van der Waals surface area contributed by atoms with Crippen LogP contribution in [0.4, 0.5) is 11.4 Å². The predicted octanol–water partition coefficient (Wildman–Crippen LogP) is 5.11. The zero-order chi connectivity index (χ0) is 20.9. The third-order valence-electron chi connectivity index (χ3n) is 5.76. The van der Waals surface area contributed by atoms with E-state index in [1.165, 1.54) is 5.56 Å². The number of piperazine rings is 1. The molecule has 2 aromatic rings. The van der Waals surface area contributed by atoms with Gasteiger partial charge in [-0.25, -0.2) is 0 Å². The molecule has 0 unspecified atom stereocenters. The standard InChI is InChI=1S/C23H27Cl2N3O2.H2/c24-19-4-3-5-21(23(19)25)28-13-11-27(12-14-28)10-1-2-15-30-18-8-6-17-7-9-22(29)26-20(17)16-18;/h3-6,8,16H,1-2,7,9-15H2,(H,26,29);1H. The van der Waals surface area contributed by atoms with Crippen molar-refractivity contribution in [3.8, 4) is 5.75 Å². The number of amides is 1. The van der Waals surface area contributed by atoms with Gasteiger partial charge in [0.25, 0.3) is 0 Å². The number of hydrogen-bond acceptors (Lipinski definition) is 4. The summed E-state index contributed by atoms with van der Waals surface area (Å²) >= 11 is 12.5. The quantitative estimate of drug-likeness (QED) is 0.596. The first-order valence-corrected chi connectivity index (χ1v) is 11.3. The average molecular weight is 450 g/mol. The predicted molar refractivity (Wildman–Crippen MR) is 125 cm³/mol. The number of aryl methyl sites for hydroxylation is 1. The van der Waals surface area contributed by atoms with E-state index < -0.39 is 0 Å². The second-order valence-electron chi connectivity index (χ2n) is 7.82. The molecule has 0 bridgehead atoms. The molecule has 4 rings (SSSR count). The monoisotopic (exact) mass is 449 g/mol. The van der Waals surface area contributed by atoms with Crippen LogP contribution in [0.2, 0.25) is 10.0 Å². The zero-order valence-corrected chi connectivity index (χ0v) is 18.5. The van der Waals surface area contributed by atoms with Gasteiger partial charge in [0.1, 0.15) is 5.75 Å². The average Bonchev–Trinajstić information content (AvgIpc) is 2.76. The molecule has 1 N–H and O–H groups in total. The van der Waals surface area contributed by atoms with E-state index in [0.29, 0.717) is 23.1 Å². The van der Waals surface area contributed by atoms with Crippen molar-refractivity contribution in [2.45, 2.75) is 25.7 Å². The second-order valence-corrected chi connectivity index (χ2v) is 8.61. The van der Waals surface area contributed by atoms with Gasteiger partial charge in [-0.3, -0.25) is 9.69 Å². The molecule has 7 heteroatoms. The summed E-state index contributed by atoms with van der Waals surface area (Å²) in [5.74, 6) is 0.903. The lowest BCUT2D eigenvalue weighted by Gasteiger charge is -2.36. The lowest BCUT2D eigenvalue weighted by molar-refractivity contribution is -0.116. The van der Waals surface area contributed by atoms with Crippen LogP contribution in [-0.4, -0.2) is 50.1 Å². The Hall–Kier alpha value is -1.95. The van der Waals surface area contributed by atoms with Gasteiger partial charge in [-0.1, -0.05) is 35.3 Å². The number of anilines is 2. The molecule has 162 valence electrons. The van der Waals surface area contributed by atoms with Crippen LogP contribution in [0.25, 0.3) is 0 Å². The first kappa shape index (κ1) is 21.3. The van der Waals surface area contributed by atoms with Crippen molar-refractivity contribution in [1.29, 1.82) is 0 Å². The number of carbonyl (C=O) groups is 1. The van der Waals surface area contributed by atoms with Crippen LogP contribution in [0.5, 0.6) is 5.75 Å². The summed E-state index contributed by atoms with van der Waals surface area (Å²) < 4.78 is 5.89. The number of halogens is 2. The van der Waals surface area contributed by atoms with Crippen LogP contribution in [0.3, 0.4) is 0 Å². The van der Waals surface area contributed by atoms with Gasteiger partial charge in [-0.05, 0) is 49.6 Å². The zero-order valence-electron chi connectivity index (χ0n) is 17.0. The molecule has 30 heavy (non-hydrogen) atoms. The fourth-order valence-corrected chi connectivity index (χ4v) is 4.43. The highest BCUT2D eigenvalue weighted by Gasteiger charge is 2.19. The van der Waals surface area contributed by atoms with Gasteiger partial charge in [0.2, 0.25) is 5.91 Å². The summed E-state index contributed by atoms with van der Waals surface area (Å²) in [5.41, 5.74) is 3.10. The summed E-state index contributed by atoms with van der Waals surface area (Å²) in [6.07, 6.45) is 3.47. The number of benzene rings is 2. The van der Waals surface area contributed by atoms with Crippen LogP contribution in [-0.2, 0) is 11.2 Å². The van der Waals surface area contributed by atoms with Gasteiger partial charge in [0, 0.05) is 45.8 Å². The number of carbonyl (C=O) groups excluding carboxylic acids is 1. The molecule has 2 heterocycles. The molecule has 0 atom stereocenters. The molecular weight excluding hydrogens is 421 g/mol. The maximum Gasteiger partial charge on any atom is 0.224 e. The van der Waals surface area contributed by atoms with E-state index >= 15 is 0 Å². The first-order chi connectivity index (χ1) is 14.6. The van der Waals surface area contributed by atoms with E-state index in [4.69, 9.17) is 27.9 Å². The van der Waals surface area contributed by atoms with E-state index in [2.05, 4.69) is 21.2 Å². The Balaban J connectivity index is 0.00000272. The molecule has 2 aromatic carbocycles. The molecule has 0 aliphatic carbocycles. The number of rotatable bonds is 7. The van der Waals surface area contributed by atoms with Crippen molar-refractivity contribution in [3.05, 3.63) is 52.0 Å². The number of nitrogens with zero attached hydrogens (tertiary/aromatic N) is 2. The third-order valence-corrected chi connectivity index (χ3v) is 6.57. The third kappa shape index (κ3) is 5.20. The van der Waals surface area contributed by atoms with Crippen molar-refractivity contribution in [2.24, 2.45) is 0 Å². The lowest BCUT2D eigenvalue weighted by Crippen LogP contribution is -2.46. The highest BCUT2D eigenvalue weighted by Crippen LogP contribution is 2.33. The number of nitrogens with one attached hydrogen (secondary N) is 1. The summed E-state index contributed by atoms with van der Waals surface area (Å²) in [6.45, 7) is 5.71. The second kappa shape index (κ2) is 9.90. The molecule has 1 saturated heterocycles. The Morgan fingerprint density at radius 2 is 1.87 bits per heavy atom. The van der Waals surface area contributed by atoms with Gasteiger partial charge >= 0.3 is 0 Å². The van der Waals surface area contributed by atoms with Crippen molar-refractivity contribution in [2.75, 3.05) is 49.5 Å². The topological polar surface area (TPSA) is 44.8 Å². The molecule has 5 nitrogen and oxygen atoms in total. The lowest BCUT2D eigenvalue weighted by atomic mass is 10.0. The first-order valence-electron chi connectivity index (χ1n) is 10.6. The molecule has 0 saturated carbocycles. The minimum atomic E-state index is 0. The Bertz CT molecular complexity index is 904. The van der Waals surface area contributed by atoms with E-state index in [9.17, 15) is 4.79 Å². The summed E-state index contributed by atoms with van der Waals surface area (Å²) in [7, 11) is 0. The van der Waals surface area contributed by atoms with Gasteiger partial charge < -0.3 is 15.0 Å². The maximum atomic E-state index is 11.5. The Morgan fingerprint density at radius 1 is 1.03 bits per heavy atom. The highest BCUT2D eigenvalue weighted by molar-refractivity contribution is 6.43. The maximum absolute atomic E-state index is 11.5. The van der Waals surface area contributed by atoms with Gasteiger partial charge in [-0.15, -0.1) is 0 Å². The SMILES string of the molecule is O=C1CCc2ccc(OCCCCN3CCN(c4cccc(Cl)c4Cl)CC3)cc2N1.[HH]. The molecule has 0 aromatic heterocycles. The van der Waals surface area contributed by atoms with Gasteiger partial charge in [0.15, 0.2) is 0 Å². The largest absolute Gasteiger partial charge is 0.494 e. The van der Waals surface area contributed by atoms with Crippen LogP contribution in [0.15, 0.2) is 36.4 Å².